The molecule has 0 saturated heterocycles. The van der Waals surface area contributed by atoms with Crippen molar-refractivity contribution in [1.82, 2.24) is 0 Å². The predicted molar refractivity (Wildman–Crippen MR) is 162 cm³/mol. The number of hydrogen-bond donors (Lipinski definition) is 0. The molecule has 3 rings (SSSR count). The topological polar surface area (TPSA) is 71.1 Å². The Balaban J connectivity index is 1.46. The van der Waals surface area contributed by atoms with E-state index in [4.69, 9.17) is 18.9 Å². The van der Waals surface area contributed by atoms with Gasteiger partial charge in [0.15, 0.2) is 0 Å². The van der Waals surface area contributed by atoms with Crippen molar-refractivity contribution in [3.05, 3.63) is 83.4 Å². The predicted octanol–water partition coefficient (Wildman–Crippen LogP) is 9.13. The van der Waals surface area contributed by atoms with Gasteiger partial charge in [-0.15, -0.1) is 0 Å². The number of ether oxygens (including phenoxy) is 4. The second-order valence-corrected chi connectivity index (χ2v) is 10.2. The minimum absolute atomic E-state index is 0.337. The molecule has 0 aliphatic heterocycles. The lowest BCUT2D eigenvalue weighted by Gasteiger charge is -2.12. The monoisotopic (exact) mass is 560 g/mol. The molecule has 3 aromatic carbocycles. The standard InChI is InChI=1S/C35H44O6/c1-4-6-8-10-11-13-25-38-29-21-23-31(24-22-29)40-34(36)28-17-19-30(20-18-28)41-35(37)32-15-14-16-33(27(32)3)39-26-12-9-7-5-2/h14-24H,4-13,25-26H2,1-3H3. The largest absolute Gasteiger partial charge is 0.494 e. The highest BCUT2D eigenvalue weighted by molar-refractivity contribution is 5.94. The Morgan fingerprint density at radius 2 is 1.07 bits per heavy atom. The summed E-state index contributed by atoms with van der Waals surface area (Å²) in [5.74, 6) is 1.23. The average Bonchev–Trinajstić information content (AvgIpc) is 2.98. The number of unbranched alkanes of at least 4 members (excludes halogenated alkanes) is 8. The summed E-state index contributed by atoms with van der Waals surface area (Å²) in [4.78, 5) is 25.5. The molecule has 3 aromatic rings. The van der Waals surface area contributed by atoms with Gasteiger partial charge >= 0.3 is 11.9 Å². The average molecular weight is 561 g/mol. The minimum atomic E-state index is -0.497. The van der Waals surface area contributed by atoms with Crippen molar-refractivity contribution in [2.75, 3.05) is 13.2 Å². The summed E-state index contributed by atoms with van der Waals surface area (Å²) in [5, 5.41) is 0. The third-order valence-electron chi connectivity index (χ3n) is 6.86. The van der Waals surface area contributed by atoms with Crippen LogP contribution < -0.4 is 18.9 Å². The van der Waals surface area contributed by atoms with Gasteiger partial charge in [0.1, 0.15) is 23.0 Å². The smallest absolute Gasteiger partial charge is 0.343 e. The van der Waals surface area contributed by atoms with Crippen molar-refractivity contribution in [2.24, 2.45) is 0 Å². The van der Waals surface area contributed by atoms with Crippen molar-refractivity contribution in [2.45, 2.75) is 85.0 Å². The van der Waals surface area contributed by atoms with E-state index in [-0.39, 0.29) is 0 Å². The third kappa shape index (κ3) is 10.9. The summed E-state index contributed by atoms with van der Waals surface area (Å²) in [6.45, 7) is 7.54. The highest BCUT2D eigenvalue weighted by Gasteiger charge is 2.16. The van der Waals surface area contributed by atoms with Crippen LogP contribution in [-0.2, 0) is 0 Å². The molecule has 0 aliphatic rings. The van der Waals surface area contributed by atoms with Gasteiger partial charge in [0.2, 0.25) is 0 Å². The lowest BCUT2D eigenvalue weighted by Crippen LogP contribution is -2.12. The molecule has 6 heteroatoms. The lowest BCUT2D eigenvalue weighted by atomic mass is 10.1. The van der Waals surface area contributed by atoms with Crippen LogP contribution in [0.15, 0.2) is 66.7 Å². The van der Waals surface area contributed by atoms with Gasteiger partial charge in [-0.2, -0.15) is 0 Å². The van der Waals surface area contributed by atoms with Crippen molar-refractivity contribution >= 4 is 11.9 Å². The summed E-state index contributed by atoms with van der Waals surface area (Å²) in [6, 6.07) is 18.7. The molecular formula is C35H44O6. The molecule has 0 N–H and O–H groups in total. The van der Waals surface area contributed by atoms with Crippen molar-refractivity contribution < 1.29 is 28.5 Å². The highest BCUT2D eigenvalue weighted by atomic mass is 16.5. The van der Waals surface area contributed by atoms with Gasteiger partial charge in [-0.05, 0) is 80.4 Å². The molecule has 0 amide bonds. The molecule has 0 atom stereocenters. The first-order chi connectivity index (χ1) is 20.0. The van der Waals surface area contributed by atoms with Crippen LogP contribution in [0.1, 0.15) is 104 Å². The van der Waals surface area contributed by atoms with Crippen molar-refractivity contribution in [1.29, 1.82) is 0 Å². The maximum absolute atomic E-state index is 12.8. The van der Waals surface area contributed by atoms with E-state index >= 15 is 0 Å². The Morgan fingerprint density at radius 1 is 0.561 bits per heavy atom. The summed E-state index contributed by atoms with van der Waals surface area (Å²) < 4.78 is 22.7. The number of rotatable bonds is 18. The molecule has 220 valence electrons. The van der Waals surface area contributed by atoms with Gasteiger partial charge in [-0.1, -0.05) is 71.3 Å². The number of carbonyl (C=O) groups excluding carboxylic acids is 2. The Bertz CT molecular complexity index is 1200. The van der Waals surface area contributed by atoms with E-state index in [1.54, 1.807) is 60.7 Å². The van der Waals surface area contributed by atoms with Gasteiger partial charge in [0.25, 0.3) is 0 Å². The normalized spacial score (nSPS) is 10.7. The van der Waals surface area contributed by atoms with Gasteiger partial charge in [-0.3, -0.25) is 0 Å². The highest BCUT2D eigenvalue weighted by Crippen LogP contribution is 2.24. The van der Waals surface area contributed by atoms with E-state index in [1.807, 2.05) is 13.0 Å². The molecule has 0 bridgehead atoms. The molecular weight excluding hydrogens is 516 g/mol. The fraction of sp³-hybridized carbons (Fsp3) is 0.429. The summed E-state index contributed by atoms with van der Waals surface area (Å²) in [6.07, 6.45) is 11.8. The first kappa shape index (κ1) is 31.7. The zero-order valence-electron chi connectivity index (χ0n) is 24.8. The maximum Gasteiger partial charge on any atom is 0.343 e. The van der Waals surface area contributed by atoms with E-state index in [1.165, 1.54) is 44.9 Å². The molecule has 0 saturated carbocycles. The fourth-order valence-corrected chi connectivity index (χ4v) is 4.37. The Labute approximate surface area is 245 Å². The molecule has 0 aromatic heterocycles. The molecule has 41 heavy (non-hydrogen) atoms. The van der Waals surface area contributed by atoms with Crippen LogP contribution in [0.25, 0.3) is 0 Å². The molecule has 6 nitrogen and oxygen atoms in total. The van der Waals surface area contributed by atoms with E-state index in [2.05, 4.69) is 13.8 Å². The van der Waals surface area contributed by atoms with Crippen LogP contribution >= 0.6 is 0 Å². The zero-order chi connectivity index (χ0) is 29.3. The fourth-order valence-electron chi connectivity index (χ4n) is 4.37. The molecule has 0 unspecified atom stereocenters. The van der Waals surface area contributed by atoms with Crippen LogP contribution in [0.3, 0.4) is 0 Å². The Hall–Kier alpha value is -3.80. The molecule has 0 fully saturated rings. The maximum atomic E-state index is 12.8. The van der Waals surface area contributed by atoms with Crippen LogP contribution in [0, 0.1) is 6.92 Å². The van der Waals surface area contributed by atoms with E-state index in [0.717, 1.165) is 30.6 Å². The molecule has 0 aliphatic carbocycles. The van der Waals surface area contributed by atoms with Gasteiger partial charge in [0, 0.05) is 5.56 Å². The number of hydrogen-bond acceptors (Lipinski definition) is 6. The summed E-state index contributed by atoms with van der Waals surface area (Å²) in [5.41, 5.74) is 1.54. The van der Waals surface area contributed by atoms with E-state index in [9.17, 15) is 9.59 Å². The second kappa shape index (κ2) is 17.8. The lowest BCUT2D eigenvalue weighted by molar-refractivity contribution is 0.0729. The number of carbonyl (C=O) groups is 2. The quantitative estimate of drug-likeness (QED) is 0.0877. The van der Waals surface area contributed by atoms with E-state index < -0.39 is 11.9 Å². The number of esters is 2. The molecule has 0 radical (unpaired) electrons. The number of benzene rings is 3. The van der Waals surface area contributed by atoms with E-state index in [0.29, 0.717) is 41.6 Å². The van der Waals surface area contributed by atoms with Gasteiger partial charge < -0.3 is 18.9 Å². The van der Waals surface area contributed by atoms with Crippen LogP contribution in [-0.4, -0.2) is 25.2 Å². The third-order valence-corrected chi connectivity index (χ3v) is 6.86. The zero-order valence-corrected chi connectivity index (χ0v) is 24.8. The molecule has 0 spiro atoms. The Morgan fingerprint density at radius 3 is 1.73 bits per heavy atom. The summed E-state index contributed by atoms with van der Waals surface area (Å²) >= 11 is 0. The minimum Gasteiger partial charge on any atom is -0.494 e. The SMILES string of the molecule is CCCCCCCCOc1ccc(OC(=O)c2ccc(OC(=O)c3cccc(OCCCCCC)c3C)cc2)cc1. The van der Waals surface area contributed by atoms with Crippen molar-refractivity contribution in [3.63, 3.8) is 0 Å². The van der Waals surface area contributed by atoms with Gasteiger partial charge in [0.05, 0.1) is 24.3 Å². The second-order valence-electron chi connectivity index (χ2n) is 10.2. The molecule has 0 heterocycles. The van der Waals surface area contributed by atoms with Gasteiger partial charge in [-0.25, -0.2) is 9.59 Å². The summed E-state index contributed by atoms with van der Waals surface area (Å²) in [7, 11) is 0. The first-order valence-electron chi connectivity index (χ1n) is 15.0. The van der Waals surface area contributed by atoms with Crippen LogP contribution in [0.2, 0.25) is 0 Å². The van der Waals surface area contributed by atoms with Crippen molar-refractivity contribution in [3.8, 4) is 23.0 Å². The van der Waals surface area contributed by atoms with Crippen LogP contribution in [0.5, 0.6) is 23.0 Å². The first-order valence-corrected chi connectivity index (χ1v) is 15.0. The van der Waals surface area contributed by atoms with Crippen LogP contribution in [0.4, 0.5) is 0 Å². The Kier molecular flexibility index (Phi) is 13.8.